The van der Waals surface area contributed by atoms with Crippen molar-refractivity contribution in [1.29, 1.82) is 0 Å². The molecule has 0 bridgehead atoms. The Balaban J connectivity index is 2.31. The average molecular weight is 388 g/mol. The van der Waals surface area contributed by atoms with Gasteiger partial charge in [0.15, 0.2) is 0 Å². The molecule has 0 saturated carbocycles. The van der Waals surface area contributed by atoms with Gasteiger partial charge < -0.3 is 14.5 Å². The zero-order valence-corrected chi connectivity index (χ0v) is 15.2. The molecule has 1 amide bonds. The third kappa shape index (κ3) is 4.21. The van der Waals surface area contributed by atoms with Crippen LogP contribution < -0.4 is 0 Å². The maximum absolute atomic E-state index is 13.1. The molecule has 0 N–H and O–H groups in total. The van der Waals surface area contributed by atoms with Gasteiger partial charge in [0.2, 0.25) is 0 Å². The number of carbonyl (C=O) groups is 2. The number of hydrogen-bond acceptors (Lipinski definition) is 5. The van der Waals surface area contributed by atoms with Crippen molar-refractivity contribution in [1.82, 2.24) is 9.80 Å². The molecule has 1 aliphatic rings. The van der Waals surface area contributed by atoms with Gasteiger partial charge in [-0.05, 0) is 24.7 Å². The van der Waals surface area contributed by atoms with E-state index in [1.807, 2.05) is 4.90 Å². The first-order valence-corrected chi connectivity index (χ1v) is 8.17. The van der Waals surface area contributed by atoms with Gasteiger partial charge in [-0.25, -0.2) is 4.79 Å². The highest BCUT2D eigenvalue weighted by atomic mass is 32.1. The number of nitrogens with zero attached hydrogens (tertiary/aromatic N) is 2. The van der Waals surface area contributed by atoms with Gasteiger partial charge in [0.1, 0.15) is 6.04 Å². The summed E-state index contributed by atoms with van der Waals surface area (Å²) in [5, 5.41) is 0. The van der Waals surface area contributed by atoms with Crippen LogP contribution in [-0.2, 0) is 20.5 Å². The first kappa shape index (κ1) is 20.3. The number of alkyl halides is 3. The van der Waals surface area contributed by atoms with E-state index in [0.717, 1.165) is 6.07 Å². The number of thiol groups is 1. The Labute approximate surface area is 154 Å². The Morgan fingerprint density at radius 1 is 1.31 bits per heavy atom. The number of benzene rings is 1. The summed E-state index contributed by atoms with van der Waals surface area (Å²) in [7, 11) is 3.02. The molecule has 1 saturated heterocycles. The van der Waals surface area contributed by atoms with Crippen LogP contribution in [0.3, 0.4) is 0 Å². The van der Waals surface area contributed by atoms with Crippen molar-refractivity contribution in [2.45, 2.75) is 17.1 Å². The number of likely N-dealkylation sites (N-methyl/N-ethyl adjacent to an activating group) is 1. The average Bonchev–Trinajstić information content (AvgIpc) is 2.59. The van der Waals surface area contributed by atoms with Gasteiger partial charge >= 0.3 is 12.1 Å². The second kappa shape index (κ2) is 7.71. The molecule has 1 aliphatic heterocycles. The van der Waals surface area contributed by atoms with Gasteiger partial charge in [-0.3, -0.25) is 4.79 Å². The summed E-state index contributed by atoms with van der Waals surface area (Å²) in [6, 6.07) is 2.52. The molecule has 1 aromatic carbocycles. The third-order valence-corrected chi connectivity index (χ3v) is 4.62. The van der Waals surface area contributed by atoms with Gasteiger partial charge in [0.25, 0.3) is 5.91 Å². The van der Waals surface area contributed by atoms with E-state index in [2.05, 4.69) is 19.2 Å². The Bertz CT molecular complexity index is 736. The van der Waals surface area contributed by atoms with E-state index in [1.165, 1.54) is 24.1 Å². The number of hydrogen-bond donors (Lipinski definition) is 1. The van der Waals surface area contributed by atoms with E-state index in [1.54, 1.807) is 7.05 Å². The molecule has 0 radical (unpaired) electrons. The quantitative estimate of drug-likeness (QED) is 0.491. The van der Waals surface area contributed by atoms with Crippen molar-refractivity contribution >= 4 is 30.1 Å². The predicted octanol–water partition coefficient (Wildman–Crippen LogP) is 2.32. The minimum atomic E-state index is -4.60. The number of rotatable bonds is 3. The fourth-order valence-corrected chi connectivity index (χ4v) is 3.01. The third-order valence-electron chi connectivity index (χ3n) is 4.23. The van der Waals surface area contributed by atoms with Crippen LogP contribution in [0.2, 0.25) is 0 Å². The number of carbonyl (C=O) groups excluding carboxylic acids is 2. The number of halogens is 3. The molecule has 0 spiro atoms. The zero-order valence-electron chi connectivity index (χ0n) is 14.3. The molecular weight excluding hydrogens is 369 g/mol. The lowest BCUT2D eigenvalue weighted by atomic mass is 10.0. The minimum Gasteiger partial charge on any atom is -0.467 e. The summed E-state index contributed by atoms with van der Waals surface area (Å²) in [5.74, 6) is -1.19. The van der Waals surface area contributed by atoms with Crippen LogP contribution in [-0.4, -0.2) is 61.5 Å². The van der Waals surface area contributed by atoms with Crippen molar-refractivity contribution < 1.29 is 27.5 Å². The lowest BCUT2D eigenvalue weighted by Crippen LogP contribution is -2.57. The first-order chi connectivity index (χ1) is 12.1. The maximum atomic E-state index is 13.1. The first-order valence-electron chi connectivity index (χ1n) is 7.73. The van der Waals surface area contributed by atoms with Gasteiger partial charge in [0, 0.05) is 30.1 Å². The Morgan fingerprint density at radius 3 is 2.54 bits per heavy atom. The lowest BCUT2D eigenvalue weighted by molar-refractivity contribution is -0.154. The highest BCUT2D eigenvalue weighted by Crippen LogP contribution is 2.35. The fraction of sp³-hybridized carbons (Fsp3) is 0.412. The Morgan fingerprint density at radius 2 is 1.96 bits per heavy atom. The van der Waals surface area contributed by atoms with Crippen LogP contribution >= 0.6 is 12.6 Å². The van der Waals surface area contributed by atoms with Crippen molar-refractivity contribution in [3.63, 3.8) is 0 Å². The van der Waals surface area contributed by atoms with E-state index in [9.17, 15) is 22.8 Å². The summed E-state index contributed by atoms with van der Waals surface area (Å²) in [4.78, 5) is 27.7. The molecule has 0 aromatic heterocycles. The van der Waals surface area contributed by atoms with Crippen LogP contribution in [0, 0.1) is 0 Å². The molecule has 2 rings (SSSR count). The number of piperazine rings is 1. The normalized spacial score (nSPS) is 18.5. The number of esters is 1. The van der Waals surface area contributed by atoms with Crippen molar-refractivity contribution in [3.8, 4) is 0 Å². The molecule has 0 aliphatic carbocycles. The second-order valence-electron chi connectivity index (χ2n) is 6.01. The Kier molecular flexibility index (Phi) is 6.02. The summed E-state index contributed by atoms with van der Waals surface area (Å²) in [6.45, 7) is 4.68. The molecule has 1 heterocycles. The molecule has 9 heteroatoms. The summed E-state index contributed by atoms with van der Waals surface area (Å²) in [5.41, 5.74) is -1.04. The standard InChI is InChI=1S/C17H19F3N2O3S/c1-10(11-4-5-14(26)12(8-11)17(18,19)20)15(23)22-7-6-21(2)9-13(22)16(24)25-3/h4-5,8,13,26H,1,6-7,9H2,2-3H3. The van der Waals surface area contributed by atoms with E-state index in [0.29, 0.717) is 6.54 Å². The van der Waals surface area contributed by atoms with Crippen molar-refractivity contribution in [2.75, 3.05) is 33.8 Å². The van der Waals surface area contributed by atoms with Gasteiger partial charge in [0.05, 0.1) is 12.7 Å². The van der Waals surface area contributed by atoms with Crippen LogP contribution in [0.5, 0.6) is 0 Å². The molecule has 5 nitrogen and oxygen atoms in total. The van der Waals surface area contributed by atoms with E-state index < -0.39 is 29.7 Å². The van der Waals surface area contributed by atoms with Crippen LogP contribution in [0.4, 0.5) is 13.2 Å². The van der Waals surface area contributed by atoms with Crippen molar-refractivity contribution in [3.05, 3.63) is 35.9 Å². The minimum absolute atomic E-state index is 0.0302. The van der Waals surface area contributed by atoms with E-state index in [-0.39, 0.29) is 29.1 Å². The number of methoxy groups -OCH3 is 1. The largest absolute Gasteiger partial charge is 0.467 e. The van der Waals surface area contributed by atoms with Gasteiger partial charge in [-0.2, -0.15) is 13.2 Å². The maximum Gasteiger partial charge on any atom is 0.417 e. The molecule has 1 aromatic rings. The summed E-state index contributed by atoms with van der Waals surface area (Å²) < 4.78 is 43.9. The topological polar surface area (TPSA) is 49.9 Å². The number of ether oxygens (including phenoxy) is 1. The predicted molar refractivity (Wildman–Crippen MR) is 92.7 cm³/mol. The van der Waals surface area contributed by atoms with Crippen molar-refractivity contribution in [2.24, 2.45) is 0 Å². The van der Waals surface area contributed by atoms with Crippen LogP contribution in [0.25, 0.3) is 5.57 Å². The molecule has 1 atom stereocenters. The lowest BCUT2D eigenvalue weighted by Gasteiger charge is -2.38. The summed E-state index contributed by atoms with van der Waals surface area (Å²) >= 11 is 3.81. The monoisotopic (exact) mass is 388 g/mol. The van der Waals surface area contributed by atoms with Crippen LogP contribution in [0.1, 0.15) is 11.1 Å². The van der Waals surface area contributed by atoms with Gasteiger partial charge in [-0.1, -0.05) is 12.6 Å². The number of amides is 1. The molecule has 1 fully saturated rings. The van der Waals surface area contributed by atoms with E-state index in [4.69, 9.17) is 4.74 Å². The smallest absolute Gasteiger partial charge is 0.417 e. The summed E-state index contributed by atoms with van der Waals surface area (Å²) in [6.07, 6.45) is -4.60. The zero-order chi connectivity index (χ0) is 19.6. The molecule has 142 valence electrons. The van der Waals surface area contributed by atoms with E-state index >= 15 is 0 Å². The second-order valence-corrected chi connectivity index (χ2v) is 6.49. The molecule has 26 heavy (non-hydrogen) atoms. The van der Waals surface area contributed by atoms with Gasteiger partial charge in [-0.15, -0.1) is 12.6 Å². The molecular formula is C17H19F3N2O3S. The highest BCUT2D eigenvalue weighted by molar-refractivity contribution is 7.80. The SMILES string of the molecule is C=C(C(=O)N1CCN(C)CC1C(=O)OC)c1ccc(S)c(C(F)(F)F)c1. The Hall–Kier alpha value is -2.00. The fourth-order valence-electron chi connectivity index (χ4n) is 2.75. The highest BCUT2D eigenvalue weighted by Gasteiger charge is 2.37. The van der Waals surface area contributed by atoms with Crippen LogP contribution in [0.15, 0.2) is 29.7 Å². The molecule has 1 unspecified atom stereocenters.